The van der Waals surface area contributed by atoms with Crippen molar-refractivity contribution >= 4 is 5.91 Å². The van der Waals surface area contributed by atoms with Crippen molar-refractivity contribution in [3.8, 4) is 22.8 Å². The number of nitrogens with zero attached hydrogens (tertiary/aromatic N) is 2. The summed E-state index contributed by atoms with van der Waals surface area (Å²) < 4.78 is 11.7. The zero-order valence-corrected chi connectivity index (χ0v) is 14.4. The van der Waals surface area contributed by atoms with Gasteiger partial charge in [-0.2, -0.15) is 5.10 Å². The molecule has 0 saturated carbocycles. The maximum Gasteiger partial charge on any atom is 0.257 e. The Morgan fingerprint density at radius 1 is 1.15 bits per heavy atom. The zero-order chi connectivity index (χ0) is 17.9. The van der Waals surface area contributed by atoms with Gasteiger partial charge in [0.25, 0.3) is 5.91 Å². The van der Waals surface area contributed by atoms with Gasteiger partial charge in [-0.1, -0.05) is 42.5 Å². The number of carbonyl (C=O) groups excluding carboxylic acids is 1. The molecule has 0 fully saturated rings. The van der Waals surface area contributed by atoms with Crippen molar-refractivity contribution in [1.29, 1.82) is 0 Å². The lowest BCUT2D eigenvalue weighted by Crippen LogP contribution is -2.41. The Kier molecular flexibility index (Phi) is 4.31. The zero-order valence-electron chi connectivity index (χ0n) is 14.4. The number of rotatable bonds is 4. The largest absolute Gasteiger partial charge is 0.486 e. The van der Waals surface area contributed by atoms with Crippen LogP contribution in [-0.2, 0) is 0 Å². The highest BCUT2D eigenvalue weighted by atomic mass is 16.6. The number of fused-ring (bicyclic) bond motifs is 1. The van der Waals surface area contributed by atoms with Gasteiger partial charge in [-0.15, -0.1) is 0 Å². The van der Waals surface area contributed by atoms with Crippen molar-refractivity contribution in [3.05, 3.63) is 66.4 Å². The van der Waals surface area contributed by atoms with Crippen molar-refractivity contribution < 1.29 is 14.3 Å². The van der Waals surface area contributed by atoms with Crippen LogP contribution in [-0.4, -0.2) is 47.3 Å². The smallest absolute Gasteiger partial charge is 0.257 e. The molecular weight excluding hydrogens is 330 g/mol. The molecule has 2 aromatic carbocycles. The fraction of sp³-hybridized carbons (Fsp3) is 0.200. The maximum atomic E-state index is 12.9. The Morgan fingerprint density at radius 2 is 1.88 bits per heavy atom. The first-order chi connectivity index (χ1) is 12.7. The molecule has 1 N–H and O–H groups in total. The number of aromatic amines is 1. The van der Waals surface area contributed by atoms with Crippen molar-refractivity contribution in [2.45, 2.75) is 6.10 Å². The van der Waals surface area contributed by atoms with Gasteiger partial charge in [0.15, 0.2) is 17.6 Å². The highest BCUT2D eigenvalue weighted by Gasteiger charge is 2.25. The number of likely N-dealkylation sites (N-methyl/N-ethyl adjacent to an activating group) is 1. The topological polar surface area (TPSA) is 67.5 Å². The number of hydrogen-bond acceptors (Lipinski definition) is 4. The number of carbonyl (C=O) groups is 1. The number of aromatic nitrogens is 2. The van der Waals surface area contributed by atoms with E-state index < -0.39 is 0 Å². The molecule has 0 bridgehead atoms. The SMILES string of the molecule is CN(C[C@H]1COc2ccccc2O1)C(=O)c1cn[nH]c1-c1ccccc1. The molecule has 1 atom stereocenters. The van der Waals surface area contributed by atoms with Gasteiger partial charge in [-0.05, 0) is 12.1 Å². The van der Waals surface area contributed by atoms with Crippen molar-refractivity contribution in [2.24, 2.45) is 0 Å². The fourth-order valence-electron chi connectivity index (χ4n) is 3.02. The molecule has 0 saturated heterocycles. The van der Waals surface area contributed by atoms with Crippen LogP contribution in [0.4, 0.5) is 0 Å². The van der Waals surface area contributed by atoms with E-state index in [0.29, 0.717) is 30.2 Å². The molecular formula is C20H19N3O3. The Morgan fingerprint density at radius 3 is 2.69 bits per heavy atom. The average molecular weight is 349 g/mol. The summed E-state index contributed by atoms with van der Waals surface area (Å²) in [4.78, 5) is 14.5. The first kappa shape index (κ1) is 16.2. The lowest BCUT2D eigenvalue weighted by Gasteiger charge is -2.29. The summed E-state index contributed by atoms with van der Waals surface area (Å²) in [5.41, 5.74) is 2.18. The second kappa shape index (κ2) is 6.92. The van der Waals surface area contributed by atoms with Gasteiger partial charge in [-0.25, -0.2) is 0 Å². The summed E-state index contributed by atoms with van der Waals surface area (Å²) in [5.74, 6) is 1.33. The molecule has 1 aromatic heterocycles. The molecule has 1 aliphatic rings. The van der Waals surface area contributed by atoms with Crippen molar-refractivity contribution in [3.63, 3.8) is 0 Å². The van der Waals surface area contributed by atoms with Crippen LogP contribution in [0.25, 0.3) is 11.3 Å². The molecule has 3 aromatic rings. The molecule has 0 aliphatic carbocycles. The van der Waals surface area contributed by atoms with E-state index in [1.165, 1.54) is 0 Å². The minimum absolute atomic E-state index is 0.111. The van der Waals surface area contributed by atoms with Crippen LogP contribution < -0.4 is 9.47 Å². The van der Waals surface area contributed by atoms with Crippen LogP contribution in [0.3, 0.4) is 0 Å². The number of ether oxygens (including phenoxy) is 2. The van der Waals surface area contributed by atoms with Crippen LogP contribution in [0.1, 0.15) is 10.4 Å². The summed E-state index contributed by atoms with van der Waals surface area (Å²) in [7, 11) is 1.76. The molecule has 2 heterocycles. The highest BCUT2D eigenvalue weighted by molar-refractivity contribution is 5.99. The van der Waals surface area contributed by atoms with E-state index in [4.69, 9.17) is 9.47 Å². The molecule has 1 aliphatic heterocycles. The van der Waals surface area contributed by atoms with E-state index in [1.54, 1.807) is 18.1 Å². The lowest BCUT2D eigenvalue weighted by atomic mass is 10.1. The molecule has 26 heavy (non-hydrogen) atoms. The normalized spacial score (nSPS) is 15.5. The summed E-state index contributed by atoms with van der Waals surface area (Å²) in [6.45, 7) is 0.831. The maximum absolute atomic E-state index is 12.9. The summed E-state index contributed by atoms with van der Waals surface area (Å²) >= 11 is 0. The third-order valence-electron chi connectivity index (χ3n) is 4.32. The Hall–Kier alpha value is -3.28. The second-order valence-electron chi connectivity index (χ2n) is 6.21. The van der Waals surface area contributed by atoms with E-state index in [-0.39, 0.29) is 12.0 Å². The molecule has 6 heteroatoms. The monoisotopic (exact) mass is 349 g/mol. The number of benzene rings is 2. The van der Waals surface area contributed by atoms with Crippen LogP contribution in [0.5, 0.6) is 11.5 Å². The van der Waals surface area contributed by atoms with Gasteiger partial charge in [0.05, 0.1) is 24.0 Å². The third-order valence-corrected chi connectivity index (χ3v) is 4.32. The number of H-pyrrole nitrogens is 1. The van der Waals surface area contributed by atoms with Gasteiger partial charge >= 0.3 is 0 Å². The Bertz CT molecular complexity index is 907. The van der Waals surface area contributed by atoms with E-state index in [2.05, 4.69) is 10.2 Å². The molecule has 132 valence electrons. The van der Waals surface area contributed by atoms with Crippen LogP contribution in [0.15, 0.2) is 60.8 Å². The van der Waals surface area contributed by atoms with Crippen LogP contribution in [0.2, 0.25) is 0 Å². The number of amides is 1. The summed E-state index contributed by atoms with van der Waals surface area (Å²) in [6.07, 6.45) is 1.35. The molecule has 4 rings (SSSR count). The molecule has 6 nitrogen and oxygen atoms in total. The van der Waals surface area contributed by atoms with E-state index in [0.717, 1.165) is 11.3 Å². The first-order valence-electron chi connectivity index (χ1n) is 8.45. The molecule has 0 unspecified atom stereocenters. The lowest BCUT2D eigenvalue weighted by molar-refractivity contribution is 0.0521. The number of para-hydroxylation sites is 2. The Balaban J connectivity index is 1.47. The molecule has 0 spiro atoms. The Labute approximate surface area is 151 Å². The van der Waals surface area contributed by atoms with Gasteiger partial charge < -0.3 is 14.4 Å². The number of hydrogen-bond donors (Lipinski definition) is 1. The van der Waals surface area contributed by atoms with Gasteiger partial charge in [-0.3, -0.25) is 9.89 Å². The quantitative estimate of drug-likeness (QED) is 0.786. The predicted molar refractivity (Wildman–Crippen MR) is 97.3 cm³/mol. The van der Waals surface area contributed by atoms with Gasteiger partial charge in [0.2, 0.25) is 0 Å². The third kappa shape index (κ3) is 3.13. The average Bonchev–Trinajstić information content (AvgIpc) is 3.17. The summed E-state index contributed by atoms with van der Waals surface area (Å²) in [6, 6.07) is 17.2. The van der Waals surface area contributed by atoms with Gasteiger partial charge in [0, 0.05) is 12.6 Å². The number of nitrogens with one attached hydrogen (secondary N) is 1. The highest BCUT2D eigenvalue weighted by Crippen LogP contribution is 2.31. The minimum atomic E-state index is -0.217. The van der Waals surface area contributed by atoms with Crippen molar-refractivity contribution in [1.82, 2.24) is 15.1 Å². The molecule has 1 amide bonds. The first-order valence-corrected chi connectivity index (χ1v) is 8.45. The van der Waals surface area contributed by atoms with Gasteiger partial charge in [0.1, 0.15) is 6.61 Å². The summed E-state index contributed by atoms with van der Waals surface area (Å²) in [5, 5.41) is 6.97. The van der Waals surface area contributed by atoms with Crippen LogP contribution in [0, 0.1) is 0 Å². The predicted octanol–water partition coefficient (Wildman–Crippen LogP) is 2.99. The van der Waals surface area contributed by atoms with E-state index in [9.17, 15) is 4.79 Å². The second-order valence-corrected chi connectivity index (χ2v) is 6.21. The van der Waals surface area contributed by atoms with E-state index >= 15 is 0 Å². The minimum Gasteiger partial charge on any atom is -0.486 e. The molecule has 0 radical (unpaired) electrons. The van der Waals surface area contributed by atoms with Crippen LogP contribution >= 0.6 is 0 Å². The van der Waals surface area contributed by atoms with E-state index in [1.807, 2.05) is 54.6 Å². The van der Waals surface area contributed by atoms with Crippen molar-refractivity contribution in [2.75, 3.05) is 20.2 Å². The standard InChI is InChI=1S/C20H19N3O3/c1-23(12-15-13-25-17-9-5-6-10-18(17)26-15)20(24)16-11-21-22-19(16)14-7-3-2-4-8-14/h2-11,15H,12-13H2,1H3,(H,21,22)/t15-/m0/s1. The fourth-order valence-corrected chi connectivity index (χ4v) is 3.02.